The Morgan fingerprint density at radius 1 is 0.917 bits per heavy atom. The minimum Gasteiger partial charge on any atom is -0.497 e. The minimum absolute atomic E-state index is 0.218. The molecule has 0 atom stereocenters. The molecule has 7 heteroatoms. The molecule has 3 N–H and O–H groups in total. The molecule has 1 aliphatic rings. The van der Waals surface area contributed by atoms with Crippen molar-refractivity contribution in [3.63, 3.8) is 0 Å². The van der Waals surface area contributed by atoms with Crippen LogP contribution in [-0.2, 0) is 0 Å². The number of nitrogens with two attached hydrogens (primary N) is 1. The van der Waals surface area contributed by atoms with Crippen LogP contribution in [0.3, 0.4) is 0 Å². The fraction of sp³-hybridized carbons (Fsp3) is 0.241. The van der Waals surface area contributed by atoms with Gasteiger partial charge in [0.1, 0.15) is 11.5 Å². The molecule has 1 aromatic heterocycles. The van der Waals surface area contributed by atoms with Crippen molar-refractivity contribution in [1.29, 1.82) is 0 Å². The number of rotatable bonds is 6. The second-order valence-electron chi connectivity index (χ2n) is 9.07. The zero-order chi connectivity index (χ0) is 25.1. The number of nitrogens with one attached hydrogen (secondary N) is 1. The fourth-order valence-electron chi connectivity index (χ4n) is 4.73. The average molecular weight is 484 g/mol. The van der Waals surface area contributed by atoms with Gasteiger partial charge in [0.25, 0.3) is 0 Å². The number of carbonyl (C=O) groups is 2. The maximum atomic E-state index is 13.3. The number of amides is 2. The van der Waals surface area contributed by atoms with E-state index in [1.54, 1.807) is 48.1 Å². The van der Waals surface area contributed by atoms with E-state index in [0.717, 1.165) is 40.6 Å². The van der Waals surface area contributed by atoms with E-state index < -0.39 is 5.91 Å². The lowest BCUT2D eigenvalue weighted by atomic mass is 9.98. The lowest BCUT2D eigenvalue weighted by molar-refractivity contribution is 0.1000. The van der Waals surface area contributed by atoms with Gasteiger partial charge in [-0.05, 0) is 85.8 Å². The van der Waals surface area contributed by atoms with Crippen molar-refractivity contribution in [3.8, 4) is 22.6 Å². The molecule has 4 aromatic rings. The summed E-state index contributed by atoms with van der Waals surface area (Å²) >= 11 is 0. The number of hydrogen-bond acceptors (Lipinski definition) is 4. The number of ether oxygens (including phenoxy) is 2. The van der Waals surface area contributed by atoms with E-state index in [0.29, 0.717) is 17.0 Å². The zero-order valence-electron chi connectivity index (χ0n) is 20.2. The van der Waals surface area contributed by atoms with Gasteiger partial charge in [0.05, 0.1) is 18.7 Å². The molecular weight excluding hydrogens is 454 g/mol. The summed E-state index contributed by atoms with van der Waals surface area (Å²) in [5.41, 5.74) is 9.00. The zero-order valence-corrected chi connectivity index (χ0v) is 20.2. The van der Waals surface area contributed by atoms with Gasteiger partial charge in [0.15, 0.2) is 0 Å². The van der Waals surface area contributed by atoms with Crippen LogP contribution in [0.5, 0.6) is 11.5 Å². The predicted octanol–water partition coefficient (Wildman–Crippen LogP) is 6.21. The number of primary amides is 1. The minimum atomic E-state index is -0.481. The van der Waals surface area contributed by atoms with Gasteiger partial charge in [-0.2, -0.15) is 0 Å². The van der Waals surface area contributed by atoms with Gasteiger partial charge in [-0.3, -0.25) is 9.36 Å². The number of anilines is 1. The molecule has 0 spiro atoms. The number of benzene rings is 3. The van der Waals surface area contributed by atoms with Crippen LogP contribution in [-0.4, -0.2) is 29.7 Å². The molecule has 5 rings (SSSR count). The van der Waals surface area contributed by atoms with E-state index in [9.17, 15) is 9.59 Å². The first kappa shape index (κ1) is 23.5. The van der Waals surface area contributed by atoms with E-state index in [4.69, 9.17) is 15.2 Å². The quantitative estimate of drug-likeness (QED) is 0.341. The molecule has 2 amide bonds. The Hall–Kier alpha value is -4.26. The van der Waals surface area contributed by atoms with Gasteiger partial charge in [0, 0.05) is 28.4 Å². The molecule has 1 saturated carbocycles. The Labute approximate surface area is 209 Å². The molecule has 0 saturated heterocycles. The van der Waals surface area contributed by atoms with Crippen LogP contribution < -0.4 is 20.5 Å². The molecule has 3 aromatic carbocycles. The lowest BCUT2D eigenvalue weighted by Crippen LogP contribution is -2.19. The summed E-state index contributed by atoms with van der Waals surface area (Å²) in [6.45, 7) is 0. The highest BCUT2D eigenvalue weighted by Gasteiger charge is 2.19. The maximum Gasteiger partial charge on any atom is 0.330 e. The van der Waals surface area contributed by atoms with E-state index in [1.165, 1.54) is 19.3 Å². The molecule has 1 fully saturated rings. The third-order valence-electron chi connectivity index (χ3n) is 6.67. The number of carbonyl (C=O) groups excluding carboxylic acids is 2. The van der Waals surface area contributed by atoms with Gasteiger partial charge in [-0.1, -0.05) is 18.6 Å². The monoisotopic (exact) mass is 483 g/mol. The smallest absolute Gasteiger partial charge is 0.330 e. The third kappa shape index (κ3) is 4.91. The van der Waals surface area contributed by atoms with Crippen LogP contribution in [0.1, 0.15) is 42.5 Å². The van der Waals surface area contributed by atoms with Gasteiger partial charge >= 0.3 is 6.03 Å². The van der Waals surface area contributed by atoms with Gasteiger partial charge < -0.3 is 20.5 Å². The molecular formula is C29H29N3O4. The van der Waals surface area contributed by atoms with Crippen molar-refractivity contribution in [1.82, 2.24) is 4.57 Å². The fourth-order valence-corrected chi connectivity index (χ4v) is 4.73. The standard InChI is InChI=1S/C29H29N3O4/c1-35-22-13-11-21(12-14-22)31-29(34)32-18-26(19-7-9-20(10-8-19)28(30)33)25-17-24(15-16-27(25)32)36-23-5-3-2-4-6-23/h7-18,23H,2-6H2,1H3,(H2,30,33)(H,31,34). The Bertz CT molecular complexity index is 1380. The molecule has 1 heterocycles. The average Bonchev–Trinajstić information content (AvgIpc) is 3.29. The number of nitrogens with zero attached hydrogens (tertiary/aromatic N) is 1. The van der Waals surface area contributed by atoms with Crippen molar-refractivity contribution >= 4 is 28.5 Å². The molecule has 184 valence electrons. The molecule has 0 radical (unpaired) electrons. The normalized spacial score (nSPS) is 13.9. The largest absolute Gasteiger partial charge is 0.497 e. The van der Waals surface area contributed by atoms with E-state index >= 15 is 0 Å². The van der Waals surface area contributed by atoms with Crippen molar-refractivity contribution in [2.75, 3.05) is 12.4 Å². The summed E-state index contributed by atoms with van der Waals surface area (Å²) in [5, 5.41) is 3.84. The van der Waals surface area contributed by atoms with Crippen LogP contribution in [0.15, 0.2) is 72.9 Å². The Morgan fingerprint density at radius 3 is 2.28 bits per heavy atom. The number of fused-ring (bicyclic) bond motifs is 1. The number of methoxy groups -OCH3 is 1. The second-order valence-corrected chi connectivity index (χ2v) is 9.07. The van der Waals surface area contributed by atoms with Crippen LogP contribution in [0, 0.1) is 0 Å². The molecule has 1 aliphatic carbocycles. The van der Waals surface area contributed by atoms with Crippen molar-refractivity contribution < 1.29 is 19.1 Å². The topological polar surface area (TPSA) is 95.6 Å². The van der Waals surface area contributed by atoms with Crippen LogP contribution in [0.4, 0.5) is 10.5 Å². The molecule has 36 heavy (non-hydrogen) atoms. The third-order valence-corrected chi connectivity index (χ3v) is 6.67. The van der Waals surface area contributed by atoms with E-state index in [2.05, 4.69) is 5.32 Å². The highest BCUT2D eigenvalue weighted by Crippen LogP contribution is 2.35. The van der Waals surface area contributed by atoms with Crippen molar-refractivity contribution in [2.24, 2.45) is 5.73 Å². The molecule has 0 bridgehead atoms. The summed E-state index contributed by atoms with van der Waals surface area (Å²) in [5.74, 6) is 1.02. The maximum absolute atomic E-state index is 13.3. The van der Waals surface area contributed by atoms with Crippen molar-refractivity contribution in [3.05, 3.63) is 78.5 Å². The highest BCUT2D eigenvalue weighted by molar-refractivity contribution is 6.05. The summed E-state index contributed by atoms with van der Waals surface area (Å²) in [6.07, 6.45) is 7.78. The number of aromatic nitrogens is 1. The van der Waals surface area contributed by atoms with Crippen LogP contribution in [0.2, 0.25) is 0 Å². The number of hydrogen-bond donors (Lipinski definition) is 2. The summed E-state index contributed by atoms with van der Waals surface area (Å²) < 4.78 is 13.1. The molecule has 7 nitrogen and oxygen atoms in total. The summed E-state index contributed by atoms with van der Waals surface area (Å²) in [4.78, 5) is 24.8. The van der Waals surface area contributed by atoms with E-state index in [-0.39, 0.29) is 12.1 Å². The van der Waals surface area contributed by atoms with Crippen molar-refractivity contribution in [2.45, 2.75) is 38.2 Å². The highest BCUT2D eigenvalue weighted by atomic mass is 16.5. The SMILES string of the molecule is COc1ccc(NC(=O)n2cc(-c3ccc(C(N)=O)cc3)c3cc(OC4CCCCC4)ccc32)cc1. The van der Waals surface area contributed by atoms with Gasteiger partial charge in [-0.15, -0.1) is 0 Å². The van der Waals surface area contributed by atoms with Gasteiger partial charge in [0.2, 0.25) is 5.91 Å². The Morgan fingerprint density at radius 2 is 1.61 bits per heavy atom. The second kappa shape index (κ2) is 10.2. The van der Waals surface area contributed by atoms with Gasteiger partial charge in [-0.25, -0.2) is 4.79 Å². The summed E-state index contributed by atoms with van der Waals surface area (Å²) in [7, 11) is 1.60. The first-order valence-corrected chi connectivity index (χ1v) is 12.2. The Balaban J connectivity index is 1.52. The first-order valence-electron chi connectivity index (χ1n) is 12.2. The van der Waals surface area contributed by atoms with Crippen LogP contribution in [0.25, 0.3) is 22.0 Å². The lowest BCUT2D eigenvalue weighted by Gasteiger charge is -2.23. The predicted molar refractivity (Wildman–Crippen MR) is 141 cm³/mol. The summed E-state index contributed by atoms with van der Waals surface area (Å²) in [6, 6.07) is 19.8. The first-order chi connectivity index (χ1) is 17.5. The van der Waals surface area contributed by atoms with Crippen LogP contribution >= 0.6 is 0 Å². The molecule has 0 aliphatic heterocycles. The molecule has 0 unspecified atom stereocenters. The Kier molecular flexibility index (Phi) is 6.62. The van der Waals surface area contributed by atoms with E-state index in [1.807, 2.05) is 36.5 Å².